The molecular weight excluding hydrogens is 334 g/mol. The highest BCUT2D eigenvalue weighted by Gasteiger charge is 2.24. The monoisotopic (exact) mass is 355 g/mol. The summed E-state index contributed by atoms with van der Waals surface area (Å²) in [5, 5.41) is 0. The van der Waals surface area contributed by atoms with E-state index >= 15 is 0 Å². The molecule has 1 aliphatic heterocycles. The van der Waals surface area contributed by atoms with Crippen molar-refractivity contribution in [1.82, 2.24) is 14.4 Å². The quantitative estimate of drug-likeness (QED) is 0.835. The lowest BCUT2D eigenvalue weighted by atomic mass is 10.3. The van der Waals surface area contributed by atoms with Crippen LogP contribution < -0.4 is 0 Å². The van der Waals surface area contributed by atoms with Gasteiger partial charge in [-0.15, -0.1) is 0 Å². The van der Waals surface area contributed by atoms with Gasteiger partial charge in [0, 0.05) is 49.8 Å². The van der Waals surface area contributed by atoms with E-state index in [-0.39, 0.29) is 11.8 Å². The molecule has 116 valence electrons. The minimum atomic E-state index is 0.0494. The molecule has 0 spiro atoms. The first-order valence-corrected chi connectivity index (χ1v) is 8.28. The molecule has 0 N–H and O–H groups in total. The molecule has 2 amide bonds. The lowest BCUT2D eigenvalue weighted by Crippen LogP contribution is -2.37. The number of carbonyl (C=O) groups excluding carboxylic acids is 2. The summed E-state index contributed by atoms with van der Waals surface area (Å²) in [6.07, 6.45) is 3.29. The van der Waals surface area contributed by atoms with Gasteiger partial charge in [0.25, 0.3) is 5.91 Å². The standard InChI is InChI=1S/C15H22BrN3O2/c1-3-14(20)18-6-5-7-19(9-8-18)15(21)13-10-12(16)11-17(13)4-2/h10-11H,3-9H2,1-2H3. The Morgan fingerprint density at radius 1 is 1.14 bits per heavy atom. The molecule has 0 radical (unpaired) electrons. The molecule has 1 aliphatic rings. The molecule has 6 heteroatoms. The van der Waals surface area contributed by atoms with Gasteiger partial charge in [0.05, 0.1) is 0 Å². The molecule has 2 heterocycles. The summed E-state index contributed by atoms with van der Waals surface area (Å²) < 4.78 is 2.87. The maximum absolute atomic E-state index is 12.7. The van der Waals surface area contributed by atoms with Crippen molar-refractivity contribution in [2.75, 3.05) is 26.2 Å². The van der Waals surface area contributed by atoms with Gasteiger partial charge in [0.2, 0.25) is 5.91 Å². The van der Waals surface area contributed by atoms with Crippen LogP contribution in [-0.2, 0) is 11.3 Å². The SMILES string of the molecule is CCC(=O)N1CCCN(C(=O)c2cc(Br)cn2CC)CC1. The molecule has 0 bridgehead atoms. The molecule has 21 heavy (non-hydrogen) atoms. The van der Waals surface area contributed by atoms with Gasteiger partial charge in [-0.05, 0) is 35.3 Å². The van der Waals surface area contributed by atoms with Gasteiger partial charge >= 0.3 is 0 Å². The van der Waals surface area contributed by atoms with Crippen molar-refractivity contribution < 1.29 is 9.59 Å². The number of nitrogens with zero attached hydrogens (tertiary/aromatic N) is 3. The number of halogens is 1. The number of carbonyl (C=O) groups is 2. The fraction of sp³-hybridized carbons (Fsp3) is 0.600. The number of aryl methyl sites for hydroxylation is 1. The summed E-state index contributed by atoms with van der Waals surface area (Å²) in [7, 11) is 0. The Morgan fingerprint density at radius 3 is 2.48 bits per heavy atom. The Bertz CT molecular complexity index is 527. The average Bonchev–Trinajstić information content (AvgIpc) is 2.71. The maximum Gasteiger partial charge on any atom is 0.270 e. The zero-order valence-corrected chi connectivity index (χ0v) is 14.2. The molecule has 1 aromatic heterocycles. The van der Waals surface area contributed by atoms with Crippen LogP contribution in [0.4, 0.5) is 0 Å². The highest BCUT2D eigenvalue weighted by atomic mass is 79.9. The van der Waals surface area contributed by atoms with Gasteiger partial charge in [-0.25, -0.2) is 0 Å². The first kappa shape index (κ1) is 16.1. The van der Waals surface area contributed by atoms with Crippen LogP contribution in [0.5, 0.6) is 0 Å². The molecule has 1 saturated heterocycles. The molecule has 0 atom stereocenters. The molecule has 0 aliphatic carbocycles. The summed E-state index contributed by atoms with van der Waals surface area (Å²) in [6.45, 7) is 7.35. The fourth-order valence-corrected chi connectivity index (χ4v) is 3.13. The van der Waals surface area contributed by atoms with E-state index in [1.54, 1.807) is 0 Å². The molecule has 0 saturated carbocycles. The van der Waals surface area contributed by atoms with Crippen LogP contribution in [-0.4, -0.2) is 52.4 Å². The second-order valence-corrected chi connectivity index (χ2v) is 6.13. The average molecular weight is 356 g/mol. The zero-order valence-electron chi connectivity index (χ0n) is 12.6. The second kappa shape index (κ2) is 7.11. The maximum atomic E-state index is 12.7. The first-order valence-electron chi connectivity index (χ1n) is 7.49. The zero-order chi connectivity index (χ0) is 15.4. The van der Waals surface area contributed by atoms with Gasteiger partial charge in [-0.2, -0.15) is 0 Å². The summed E-state index contributed by atoms with van der Waals surface area (Å²) in [6, 6.07) is 1.87. The Kier molecular flexibility index (Phi) is 5.45. The molecular formula is C15H22BrN3O2. The molecule has 1 aromatic rings. The smallest absolute Gasteiger partial charge is 0.270 e. The van der Waals surface area contributed by atoms with Crippen LogP contribution in [0.25, 0.3) is 0 Å². The number of aromatic nitrogens is 1. The van der Waals surface area contributed by atoms with Gasteiger partial charge in [-0.1, -0.05) is 6.92 Å². The van der Waals surface area contributed by atoms with E-state index in [1.807, 2.05) is 40.5 Å². The van der Waals surface area contributed by atoms with E-state index in [0.29, 0.717) is 31.7 Å². The van der Waals surface area contributed by atoms with E-state index < -0.39 is 0 Å². The largest absolute Gasteiger partial charge is 0.343 e. The van der Waals surface area contributed by atoms with E-state index in [2.05, 4.69) is 15.9 Å². The normalized spacial score (nSPS) is 16.0. The third-order valence-electron chi connectivity index (χ3n) is 3.86. The number of hydrogen-bond donors (Lipinski definition) is 0. The topological polar surface area (TPSA) is 45.6 Å². The highest BCUT2D eigenvalue weighted by Crippen LogP contribution is 2.17. The van der Waals surface area contributed by atoms with Crippen LogP contribution in [0.1, 0.15) is 37.2 Å². The summed E-state index contributed by atoms with van der Waals surface area (Å²) >= 11 is 3.43. The Morgan fingerprint density at radius 2 is 1.81 bits per heavy atom. The van der Waals surface area contributed by atoms with E-state index in [0.717, 1.165) is 24.0 Å². The van der Waals surface area contributed by atoms with E-state index in [4.69, 9.17) is 0 Å². The first-order chi connectivity index (χ1) is 10.1. The van der Waals surface area contributed by atoms with Crippen molar-refractivity contribution in [3.05, 3.63) is 22.4 Å². The summed E-state index contributed by atoms with van der Waals surface area (Å²) in [4.78, 5) is 28.2. The molecule has 0 aromatic carbocycles. The third kappa shape index (κ3) is 3.67. The van der Waals surface area contributed by atoms with Gasteiger partial charge in [0.1, 0.15) is 5.69 Å². The van der Waals surface area contributed by atoms with Crippen LogP contribution in [0, 0.1) is 0 Å². The van der Waals surface area contributed by atoms with Gasteiger partial charge < -0.3 is 14.4 Å². The molecule has 2 rings (SSSR count). The van der Waals surface area contributed by atoms with Gasteiger partial charge in [0.15, 0.2) is 0 Å². The van der Waals surface area contributed by atoms with Crippen LogP contribution in [0.2, 0.25) is 0 Å². The van der Waals surface area contributed by atoms with Crippen LogP contribution in [0.3, 0.4) is 0 Å². The fourth-order valence-electron chi connectivity index (χ4n) is 2.67. The van der Waals surface area contributed by atoms with Crippen molar-refractivity contribution in [1.29, 1.82) is 0 Å². The summed E-state index contributed by atoms with van der Waals surface area (Å²) in [5.41, 5.74) is 0.708. The van der Waals surface area contributed by atoms with Crippen LogP contribution in [0.15, 0.2) is 16.7 Å². The van der Waals surface area contributed by atoms with E-state index in [1.165, 1.54) is 0 Å². The van der Waals surface area contributed by atoms with Crippen LogP contribution >= 0.6 is 15.9 Å². The Hall–Kier alpha value is -1.30. The Balaban J connectivity index is 2.08. The highest BCUT2D eigenvalue weighted by molar-refractivity contribution is 9.10. The van der Waals surface area contributed by atoms with E-state index in [9.17, 15) is 9.59 Å². The lowest BCUT2D eigenvalue weighted by Gasteiger charge is -2.22. The van der Waals surface area contributed by atoms with Crippen molar-refractivity contribution in [2.45, 2.75) is 33.2 Å². The van der Waals surface area contributed by atoms with Crippen molar-refractivity contribution in [3.8, 4) is 0 Å². The number of hydrogen-bond acceptors (Lipinski definition) is 2. The Labute approximate surface area is 134 Å². The summed E-state index contributed by atoms with van der Waals surface area (Å²) in [5.74, 6) is 0.220. The minimum absolute atomic E-state index is 0.0494. The van der Waals surface area contributed by atoms with Crippen molar-refractivity contribution in [3.63, 3.8) is 0 Å². The van der Waals surface area contributed by atoms with Gasteiger partial charge in [-0.3, -0.25) is 9.59 Å². The minimum Gasteiger partial charge on any atom is -0.343 e. The number of amides is 2. The molecule has 1 fully saturated rings. The van der Waals surface area contributed by atoms with Crippen molar-refractivity contribution >= 4 is 27.7 Å². The lowest BCUT2D eigenvalue weighted by molar-refractivity contribution is -0.130. The molecule has 0 unspecified atom stereocenters. The third-order valence-corrected chi connectivity index (χ3v) is 4.29. The number of rotatable bonds is 3. The predicted octanol–water partition coefficient (Wildman–Crippen LogP) is 2.36. The van der Waals surface area contributed by atoms with Crippen molar-refractivity contribution in [2.24, 2.45) is 0 Å². The second-order valence-electron chi connectivity index (χ2n) is 5.21. The predicted molar refractivity (Wildman–Crippen MR) is 85.2 cm³/mol. The molecule has 5 nitrogen and oxygen atoms in total.